The summed E-state index contributed by atoms with van der Waals surface area (Å²) in [4.78, 5) is 18.2. The molecule has 0 aliphatic carbocycles. The number of para-hydroxylation sites is 1. The van der Waals surface area contributed by atoms with E-state index < -0.39 is 39.7 Å². The minimum atomic E-state index is -5.18. The van der Waals surface area contributed by atoms with E-state index in [1.807, 2.05) is 37.3 Å². The summed E-state index contributed by atoms with van der Waals surface area (Å²) in [7, 11) is -5.18. The number of alkyl halides is 3. The number of halogens is 3. The van der Waals surface area contributed by atoms with Gasteiger partial charge in [0.25, 0.3) is 5.91 Å². The Bertz CT molecular complexity index is 1510. The normalized spacial score (nSPS) is 12.8. The molecular formula is C27H23F3N2O4S. The third kappa shape index (κ3) is 6.26. The summed E-state index contributed by atoms with van der Waals surface area (Å²) in [5.41, 5.74) is 1.24. The van der Waals surface area contributed by atoms with Gasteiger partial charge in [-0.1, -0.05) is 85.8 Å². The molecule has 192 valence electrons. The molecule has 1 amide bonds. The summed E-state index contributed by atoms with van der Waals surface area (Å²) in [6.07, 6.45) is -4.54. The Kier molecular flexibility index (Phi) is 7.49. The highest BCUT2D eigenvalue weighted by molar-refractivity contribution is 7.87. The Morgan fingerprint density at radius 2 is 1.54 bits per heavy atom. The number of nitrogens with zero attached hydrogens (tertiary/aromatic N) is 1. The molecule has 3 aromatic carbocycles. The minimum absolute atomic E-state index is 0.0667. The highest BCUT2D eigenvalue weighted by Crippen LogP contribution is 2.38. The highest BCUT2D eigenvalue weighted by atomic mass is 32.2. The summed E-state index contributed by atoms with van der Waals surface area (Å²) in [6.45, 7) is 1.86. The van der Waals surface area contributed by atoms with E-state index in [2.05, 4.69) is 10.3 Å². The summed E-state index contributed by atoms with van der Waals surface area (Å²) < 4.78 is 69.2. The van der Waals surface area contributed by atoms with E-state index in [0.29, 0.717) is 17.5 Å². The van der Waals surface area contributed by atoms with Crippen LogP contribution in [0.25, 0.3) is 22.2 Å². The molecule has 1 heterocycles. The van der Waals surface area contributed by atoms with Crippen LogP contribution >= 0.6 is 0 Å². The van der Waals surface area contributed by atoms with Gasteiger partial charge in [0, 0.05) is 10.9 Å². The molecule has 0 bridgehead atoms. The van der Waals surface area contributed by atoms with Gasteiger partial charge in [0.05, 0.1) is 17.1 Å². The van der Waals surface area contributed by atoms with Gasteiger partial charge in [0.1, 0.15) is 5.69 Å². The third-order valence-corrected chi connectivity index (χ3v) is 6.69. The summed E-state index contributed by atoms with van der Waals surface area (Å²) in [5, 5.41) is 3.12. The van der Waals surface area contributed by atoms with Crippen LogP contribution in [0.5, 0.6) is 5.75 Å². The van der Waals surface area contributed by atoms with Crippen molar-refractivity contribution in [2.75, 3.05) is 5.75 Å². The number of benzene rings is 3. The average molecular weight is 529 g/mol. The number of pyridine rings is 1. The number of carbonyl (C=O) groups is 1. The summed E-state index contributed by atoms with van der Waals surface area (Å²) in [5.74, 6) is -3.48. The first-order chi connectivity index (χ1) is 17.6. The fraction of sp³-hybridized carbons (Fsp3) is 0.185. The fourth-order valence-electron chi connectivity index (χ4n) is 3.99. The molecule has 10 heteroatoms. The number of hydrogen-bond acceptors (Lipinski definition) is 5. The summed E-state index contributed by atoms with van der Waals surface area (Å²) >= 11 is 0. The van der Waals surface area contributed by atoms with Crippen LogP contribution in [-0.2, 0) is 10.1 Å². The molecular weight excluding hydrogens is 505 g/mol. The first-order valence-corrected chi connectivity index (χ1v) is 13.0. The van der Waals surface area contributed by atoms with Crippen molar-refractivity contribution >= 4 is 26.9 Å². The van der Waals surface area contributed by atoms with E-state index in [4.69, 9.17) is 4.18 Å². The van der Waals surface area contributed by atoms with Gasteiger partial charge in [-0.15, -0.1) is 0 Å². The van der Waals surface area contributed by atoms with Crippen molar-refractivity contribution in [3.8, 4) is 17.0 Å². The molecule has 1 aromatic heterocycles. The predicted octanol–water partition coefficient (Wildman–Crippen LogP) is 6.05. The second-order valence-corrected chi connectivity index (χ2v) is 9.86. The van der Waals surface area contributed by atoms with Crippen molar-refractivity contribution in [3.05, 3.63) is 96.1 Å². The lowest BCUT2D eigenvalue weighted by Gasteiger charge is -2.21. The molecule has 0 saturated carbocycles. The summed E-state index contributed by atoms with van der Waals surface area (Å²) in [6, 6.07) is 23.4. The van der Waals surface area contributed by atoms with Crippen molar-refractivity contribution in [2.24, 2.45) is 0 Å². The number of rotatable bonds is 8. The van der Waals surface area contributed by atoms with Gasteiger partial charge in [-0.25, -0.2) is 4.98 Å². The first kappa shape index (κ1) is 26.2. The molecule has 4 rings (SSSR count). The second-order valence-electron chi connectivity index (χ2n) is 8.29. The standard InChI is InChI=1S/C27H23F3N2O4S/c1-2-21(18-11-5-3-6-12-18)32-26(33)23-20-15-9-10-16-22(20)31-24(19-13-7-4-8-14-19)25(23)36-37(34,35)17-27(28,29)30/h3-16,21H,2,17H2,1H3,(H,32,33). The maximum absolute atomic E-state index is 13.7. The highest BCUT2D eigenvalue weighted by Gasteiger charge is 2.38. The van der Waals surface area contributed by atoms with Crippen LogP contribution in [0.4, 0.5) is 13.2 Å². The zero-order valence-corrected chi connectivity index (χ0v) is 20.5. The fourth-order valence-corrected chi connectivity index (χ4v) is 4.86. The average Bonchev–Trinajstić information content (AvgIpc) is 2.86. The molecule has 6 nitrogen and oxygen atoms in total. The maximum Gasteiger partial charge on any atom is 0.406 e. The lowest BCUT2D eigenvalue weighted by molar-refractivity contribution is -0.107. The number of aromatic nitrogens is 1. The third-order valence-electron chi connectivity index (χ3n) is 5.59. The van der Waals surface area contributed by atoms with Crippen LogP contribution in [0.2, 0.25) is 0 Å². The van der Waals surface area contributed by atoms with Crippen LogP contribution in [0.1, 0.15) is 35.3 Å². The van der Waals surface area contributed by atoms with Gasteiger partial charge in [0.15, 0.2) is 11.5 Å². The SMILES string of the molecule is CCC(NC(=O)c1c(OS(=O)(=O)CC(F)(F)F)c(-c2ccccc2)nc2ccccc12)c1ccccc1. The number of nitrogens with one attached hydrogen (secondary N) is 1. The first-order valence-electron chi connectivity index (χ1n) is 11.4. The molecule has 0 saturated heterocycles. The Hall–Kier alpha value is -3.92. The lowest BCUT2D eigenvalue weighted by Crippen LogP contribution is -2.31. The Morgan fingerprint density at radius 3 is 2.16 bits per heavy atom. The van der Waals surface area contributed by atoms with E-state index in [9.17, 15) is 26.4 Å². The van der Waals surface area contributed by atoms with Gasteiger partial charge in [-0.3, -0.25) is 4.79 Å². The van der Waals surface area contributed by atoms with E-state index in [1.54, 1.807) is 54.6 Å². The van der Waals surface area contributed by atoms with Crippen LogP contribution in [0.15, 0.2) is 84.9 Å². The van der Waals surface area contributed by atoms with Crippen molar-refractivity contribution in [1.82, 2.24) is 10.3 Å². The van der Waals surface area contributed by atoms with E-state index in [-0.39, 0.29) is 16.6 Å². The van der Waals surface area contributed by atoms with Crippen molar-refractivity contribution in [1.29, 1.82) is 0 Å². The molecule has 0 aliphatic rings. The zero-order valence-electron chi connectivity index (χ0n) is 19.7. The smallest absolute Gasteiger partial charge is 0.379 e. The number of hydrogen-bond donors (Lipinski definition) is 1. The molecule has 1 unspecified atom stereocenters. The van der Waals surface area contributed by atoms with E-state index in [1.165, 1.54) is 0 Å². The molecule has 0 aliphatic heterocycles. The number of amides is 1. The maximum atomic E-state index is 13.7. The molecule has 0 spiro atoms. The predicted molar refractivity (Wildman–Crippen MR) is 135 cm³/mol. The topological polar surface area (TPSA) is 85.4 Å². The Morgan fingerprint density at radius 1 is 0.946 bits per heavy atom. The molecule has 4 aromatic rings. The molecule has 37 heavy (non-hydrogen) atoms. The van der Waals surface area contributed by atoms with Crippen molar-refractivity contribution in [3.63, 3.8) is 0 Å². The molecule has 0 radical (unpaired) electrons. The lowest BCUT2D eigenvalue weighted by atomic mass is 10.00. The van der Waals surface area contributed by atoms with Crippen LogP contribution in [-0.4, -0.2) is 31.2 Å². The van der Waals surface area contributed by atoms with Gasteiger partial charge in [0.2, 0.25) is 0 Å². The van der Waals surface area contributed by atoms with Gasteiger partial charge in [-0.05, 0) is 18.1 Å². The van der Waals surface area contributed by atoms with E-state index in [0.717, 1.165) is 5.56 Å². The molecule has 0 fully saturated rings. The number of carbonyl (C=O) groups excluding carboxylic acids is 1. The number of fused-ring (bicyclic) bond motifs is 1. The molecule has 1 N–H and O–H groups in total. The minimum Gasteiger partial charge on any atom is -0.379 e. The zero-order chi connectivity index (χ0) is 26.6. The Labute approximate surface area is 212 Å². The van der Waals surface area contributed by atoms with Gasteiger partial charge in [-0.2, -0.15) is 21.6 Å². The quantitative estimate of drug-likeness (QED) is 0.281. The van der Waals surface area contributed by atoms with Crippen LogP contribution in [0, 0.1) is 0 Å². The second kappa shape index (κ2) is 10.6. The van der Waals surface area contributed by atoms with E-state index >= 15 is 0 Å². The van der Waals surface area contributed by atoms with Crippen molar-refractivity contribution in [2.45, 2.75) is 25.6 Å². The monoisotopic (exact) mass is 528 g/mol. The van der Waals surface area contributed by atoms with Crippen LogP contribution < -0.4 is 9.50 Å². The molecule has 1 atom stereocenters. The van der Waals surface area contributed by atoms with Crippen LogP contribution in [0.3, 0.4) is 0 Å². The van der Waals surface area contributed by atoms with Gasteiger partial charge < -0.3 is 9.50 Å². The van der Waals surface area contributed by atoms with Gasteiger partial charge >= 0.3 is 16.3 Å². The largest absolute Gasteiger partial charge is 0.406 e. The van der Waals surface area contributed by atoms with Crippen molar-refractivity contribution < 1.29 is 30.6 Å². The Balaban J connectivity index is 1.93.